The molecule has 7 nitrogen and oxygen atoms in total. The largest absolute Gasteiger partial charge is 0.404 e. The van der Waals surface area contributed by atoms with Crippen molar-refractivity contribution in [2.24, 2.45) is 0 Å². The number of nitrogens with one attached hydrogen (secondary N) is 1. The van der Waals surface area contributed by atoms with Gasteiger partial charge in [0, 0.05) is 16.7 Å². The van der Waals surface area contributed by atoms with Crippen LogP contribution in [0.2, 0.25) is 5.04 Å². The Morgan fingerprint density at radius 1 is 1.08 bits per heavy atom. The molecule has 192 valence electrons. The van der Waals surface area contributed by atoms with Gasteiger partial charge in [-0.15, -0.1) is 0 Å². The van der Waals surface area contributed by atoms with Crippen molar-refractivity contribution in [2.45, 2.75) is 49.9 Å². The van der Waals surface area contributed by atoms with Crippen molar-refractivity contribution >= 4 is 41.3 Å². The van der Waals surface area contributed by atoms with Crippen LogP contribution in [0, 0.1) is 0 Å². The van der Waals surface area contributed by atoms with E-state index in [-0.39, 0.29) is 16.1 Å². The number of ether oxygens (including phenoxy) is 1. The fourth-order valence-corrected chi connectivity index (χ4v) is 10.4. The predicted molar refractivity (Wildman–Crippen MR) is 148 cm³/mol. The fraction of sp³-hybridized carbons (Fsp3) is 0.385. The zero-order valence-corrected chi connectivity index (χ0v) is 23.5. The van der Waals surface area contributed by atoms with Gasteiger partial charge in [-0.05, 0) is 15.4 Å². The number of aliphatic hydroxyl groups excluding tert-OH is 1. The zero-order chi connectivity index (χ0) is 26.1. The second-order valence-electron chi connectivity index (χ2n) is 10.1. The number of H-pyrrole nitrogens is 1. The number of hydrogen-bond acceptors (Lipinski definition) is 5. The average Bonchev–Trinajstić information content (AvgIpc) is 3.10. The maximum atomic E-state index is 15.5. The molecule has 1 aromatic heterocycles. The molecule has 0 saturated carbocycles. The average molecular weight is 625 g/mol. The Kier molecular flexibility index (Phi) is 7.72. The Balaban J connectivity index is 1.77. The van der Waals surface area contributed by atoms with Crippen LogP contribution in [0.1, 0.15) is 27.0 Å². The summed E-state index contributed by atoms with van der Waals surface area (Å²) in [6.07, 6.45) is -3.67. The molecule has 4 atom stereocenters. The second-order valence-corrected chi connectivity index (χ2v) is 15.1. The molecule has 4 rings (SSSR count). The molecule has 1 saturated heterocycles. The smallest absolute Gasteiger partial charge is 0.330 e. The quantitative estimate of drug-likeness (QED) is 0.240. The Morgan fingerprint density at radius 2 is 1.64 bits per heavy atom. The van der Waals surface area contributed by atoms with E-state index in [2.05, 4.69) is 48.3 Å². The minimum absolute atomic E-state index is 0.0839. The predicted octanol–water partition coefficient (Wildman–Crippen LogP) is 2.51. The first kappa shape index (κ1) is 26.9. The molecule has 3 aromatic rings. The van der Waals surface area contributed by atoms with Crippen LogP contribution in [-0.2, 0) is 9.16 Å². The van der Waals surface area contributed by atoms with Gasteiger partial charge in [0.15, 0.2) is 12.4 Å². The van der Waals surface area contributed by atoms with Gasteiger partial charge in [-0.2, -0.15) is 0 Å². The van der Waals surface area contributed by atoms with E-state index in [1.165, 1.54) is 6.20 Å². The summed E-state index contributed by atoms with van der Waals surface area (Å²) < 4.78 is 29.7. The molecule has 0 radical (unpaired) electrons. The summed E-state index contributed by atoms with van der Waals surface area (Å²) in [4.78, 5) is 26.0. The maximum absolute atomic E-state index is 15.5. The van der Waals surface area contributed by atoms with Crippen LogP contribution in [0.4, 0.5) is 4.39 Å². The van der Waals surface area contributed by atoms with Crippen LogP contribution in [0.15, 0.2) is 82.5 Å². The minimum Gasteiger partial charge on any atom is -0.404 e. The van der Waals surface area contributed by atoms with Crippen molar-refractivity contribution < 1.29 is 18.7 Å². The number of alkyl halides is 2. The van der Waals surface area contributed by atoms with E-state index in [9.17, 15) is 14.7 Å². The lowest BCUT2D eigenvalue weighted by atomic mass is 9.99. The first-order valence-electron chi connectivity index (χ1n) is 11.7. The molecule has 2 heterocycles. The Morgan fingerprint density at radius 3 is 2.11 bits per heavy atom. The molecule has 10 heteroatoms. The van der Waals surface area contributed by atoms with Crippen LogP contribution in [0.5, 0.6) is 0 Å². The third-order valence-corrected chi connectivity index (χ3v) is 13.0. The van der Waals surface area contributed by atoms with Crippen molar-refractivity contribution in [2.75, 3.05) is 11.0 Å². The van der Waals surface area contributed by atoms with Gasteiger partial charge in [0.25, 0.3) is 13.9 Å². The Labute approximate surface area is 223 Å². The summed E-state index contributed by atoms with van der Waals surface area (Å²) in [6.45, 7) is 6.30. The number of aromatic amines is 1. The molecular weight excluding hydrogens is 594 g/mol. The highest BCUT2D eigenvalue weighted by molar-refractivity contribution is 14.1. The van der Waals surface area contributed by atoms with E-state index in [1.54, 1.807) is 0 Å². The molecule has 2 aromatic carbocycles. The highest BCUT2D eigenvalue weighted by Crippen LogP contribution is 2.43. The second kappa shape index (κ2) is 10.3. The molecule has 0 unspecified atom stereocenters. The first-order valence-corrected chi connectivity index (χ1v) is 15.1. The van der Waals surface area contributed by atoms with Gasteiger partial charge in [-0.3, -0.25) is 14.3 Å². The number of rotatable bonds is 7. The monoisotopic (exact) mass is 624 g/mol. The zero-order valence-electron chi connectivity index (χ0n) is 20.4. The van der Waals surface area contributed by atoms with Crippen LogP contribution in [0.25, 0.3) is 0 Å². The molecule has 1 fully saturated rings. The van der Waals surface area contributed by atoms with Crippen molar-refractivity contribution in [1.29, 1.82) is 0 Å². The number of hydrogen-bond donors (Lipinski definition) is 2. The molecular formula is C26H30FIN2O5Si. The lowest BCUT2D eigenvalue weighted by molar-refractivity contribution is -0.109. The molecule has 0 bridgehead atoms. The van der Waals surface area contributed by atoms with E-state index < -0.39 is 43.7 Å². The molecule has 36 heavy (non-hydrogen) atoms. The highest BCUT2D eigenvalue weighted by atomic mass is 127. The van der Waals surface area contributed by atoms with E-state index in [0.29, 0.717) is 0 Å². The van der Waals surface area contributed by atoms with Gasteiger partial charge >= 0.3 is 5.69 Å². The first-order chi connectivity index (χ1) is 17.1. The fourth-order valence-electron chi connectivity index (χ4n) is 4.92. The Hall–Kier alpha value is -2.12. The lowest BCUT2D eigenvalue weighted by Crippen LogP contribution is -2.68. The van der Waals surface area contributed by atoms with Crippen molar-refractivity contribution in [1.82, 2.24) is 9.55 Å². The summed E-state index contributed by atoms with van der Waals surface area (Å²) in [5, 5.41) is 12.8. The topological polar surface area (TPSA) is 93.5 Å². The summed E-state index contributed by atoms with van der Waals surface area (Å²) in [6, 6.07) is 21.1. The molecule has 0 spiro atoms. The van der Waals surface area contributed by atoms with Crippen LogP contribution < -0.4 is 21.6 Å². The SMILES string of the molecule is CC(C)(C)[Si](OC[C@@]1(CI)O[C@@H](n2ccc(=O)[nH]c2=O)[C@H](F)[C@@H]1O)(c1ccccc1)c1ccccc1. The normalized spacial score (nSPS) is 24.7. The van der Waals surface area contributed by atoms with E-state index in [4.69, 9.17) is 9.16 Å². The van der Waals surface area contributed by atoms with Gasteiger partial charge in [0.05, 0.1) is 6.61 Å². The molecule has 0 amide bonds. The van der Waals surface area contributed by atoms with Gasteiger partial charge in [-0.25, -0.2) is 9.18 Å². The number of benzene rings is 2. The van der Waals surface area contributed by atoms with Gasteiger partial charge in [-0.1, -0.05) is 104 Å². The highest BCUT2D eigenvalue weighted by Gasteiger charge is 2.58. The number of aliphatic hydroxyl groups is 1. The summed E-state index contributed by atoms with van der Waals surface area (Å²) in [5.74, 6) is 0. The van der Waals surface area contributed by atoms with Crippen LogP contribution in [0.3, 0.4) is 0 Å². The number of halogens is 2. The van der Waals surface area contributed by atoms with Crippen molar-refractivity contribution in [3.8, 4) is 0 Å². The van der Waals surface area contributed by atoms with E-state index >= 15 is 4.39 Å². The Bertz CT molecular complexity index is 1260. The molecule has 1 aliphatic heterocycles. The van der Waals surface area contributed by atoms with Crippen LogP contribution >= 0.6 is 22.6 Å². The van der Waals surface area contributed by atoms with Gasteiger partial charge in [0.1, 0.15) is 11.7 Å². The summed E-state index contributed by atoms with van der Waals surface area (Å²) in [5.41, 5.74) is -2.81. The summed E-state index contributed by atoms with van der Waals surface area (Å²) >= 11 is 2.05. The molecule has 0 aliphatic carbocycles. The van der Waals surface area contributed by atoms with Crippen LogP contribution in [-0.4, -0.2) is 51.9 Å². The van der Waals surface area contributed by atoms with Crippen molar-refractivity contribution in [3.63, 3.8) is 0 Å². The maximum Gasteiger partial charge on any atom is 0.330 e. The molecule has 2 N–H and O–H groups in total. The van der Waals surface area contributed by atoms with E-state index in [0.717, 1.165) is 21.0 Å². The van der Waals surface area contributed by atoms with E-state index in [1.807, 2.05) is 60.7 Å². The van der Waals surface area contributed by atoms with Gasteiger partial charge in [0.2, 0.25) is 0 Å². The third-order valence-electron chi connectivity index (χ3n) is 6.77. The molecule has 1 aliphatic rings. The van der Waals surface area contributed by atoms with Gasteiger partial charge < -0.3 is 14.3 Å². The summed E-state index contributed by atoms with van der Waals surface area (Å²) in [7, 11) is -2.98. The standard InChI is InChI=1S/C26H30FIN2O5Si/c1-25(2,3)36(18-10-6-4-7-11-18,19-12-8-5-9-13-19)34-17-26(16-28)22(32)21(27)23(35-26)30-15-14-20(31)29-24(30)33/h4-15,21-23,32H,16-17H2,1-3H3,(H,29,31,33)/t21-,22+,23-,26-/m1/s1. The number of aromatic nitrogens is 2. The third kappa shape index (κ3) is 4.65. The minimum atomic E-state index is -2.98. The lowest BCUT2D eigenvalue weighted by Gasteiger charge is -2.45. The van der Waals surface area contributed by atoms with Crippen molar-refractivity contribution in [3.05, 3.63) is 93.8 Å². The number of nitrogens with zero attached hydrogens (tertiary/aromatic N) is 1.